The van der Waals surface area contributed by atoms with Crippen molar-refractivity contribution in [2.24, 2.45) is 0 Å². The molecule has 0 atom stereocenters. The molecule has 0 aliphatic rings. The maximum Gasteiger partial charge on any atom is 2.00 e. The Balaban J connectivity index is 0.00000324. The fraction of sp³-hybridized carbons (Fsp3) is 0. The number of pyridine rings is 2. The molecule has 0 radical (unpaired) electrons. The minimum Gasteiger partial charge on any atom is -0.508 e. The fourth-order valence-corrected chi connectivity index (χ4v) is 6.16. The Labute approximate surface area is 284 Å². The molecule has 0 saturated heterocycles. The van der Waals surface area contributed by atoms with Gasteiger partial charge in [-0.25, -0.2) is 9.97 Å². The van der Waals surface area contributed by atoms with Crippen LogP contribution in [0.25, 0.3) is 49.6 Å². The number of ether oxygens (including phenoxy) is 1. The van der Waals surface area contributed by atoms with Gasteiger partial charge in [0.25, 0.3) is 0 Å². The van der Waals surface area contributed by atoms with Gasteiger partial charge in [0.05, 0.1) is 0 Å². The van der Waals surface area contributed by atoms with Crippen LogP contribution in [0, 0.1) is 12.1 Å². The molecule has 5 aromatic carbocycles. The molecule has 0 aliphatic carbocycles. The van der Waals surface area contributed by atoms with Crippen LogP contribution in [0.5, 0.6) is 11.5 Å². The number of rotatable bonds is 6. The monoisotopic (exact) mass is 787 g/mol. The summed E-state index contributed by atoms with van der Waals surface area (Å²) in [6.07, 6.45) is 3.59. The Morgan fingerprint density at radius 2 is 1.38 bits per heavy atom. The average Bonchev–Trinajstić information content (AvgIpc) is 3.65. The van der Waals surface area contributed by atoms with Crippen LogP contribution in [0.2, 0.25) is 0 Å². The third-order valence-electron chi connectivity index (χ3n) is 8.14. The first kappa shape index (κ1) is 28.7. The number of nitrogens with zero attached hydrogens (tertiary/aromatic N) is 4. The molecule has 226 valence electrons. The number of hydrogen-bond acceptors (Lipinski definition) is 5. The van der Waals surface area contributed by atoms with Crippen LogP contribution in [0.1, 0.15) is 0 Å². The average molecular weight is 788 g/mol. The van der Waals surface area contributed by atoms with Gasteiger partial charge in [0.1, 0.15) is 17.2 Å². The van der Waals surface area contributed by atoms with Crippen LogP contribution in [-0.4, -0.2) is 14.5 Å². The van der Waals surface area contributed by atoms with Crippen molar-refractivity contribution in [3.05, 3.63) is 158 Å². The van der Waals surface area contributed by atoms with Crippen molar-refractivity contribution >= 4 is 60.9 Å². The van der Waals surface area contributed by atoms with Crippen molar-refractivity contribution < 1.29 is 30.2 Å². The van der Waals surface area contributed by atoms with Gasteiger partial charge in [-0.2, -0.15) is 6.07 Å². The second-order valence-corrected chi connectivity index (χ2v) is 10.9. The van der Waals surface area contributed by atoms with Crippen LogP contribution in [0.15, 0.2) is 150 Å². The predicted molar refractivity (Wildman–Crippen MR) is 183 cm³/mol. The van der Waals surface area contributed by atoms with Gasteiger partial charge in [-0.15, -0.1) is 29.7 Å². The molecule has 9 aromatic rings. The summed E-state index contributed by atoms with van der Waals surface area (Å²) in [7, 11) is 0. The Morgan fingerprint density at radius 3 is 2.19 bits per heavy atom. The Bertz CT molecular complexity index is 2470. The van der Waals surface area contributed by atoms with E-state index in [9.17, 15) is 0 Å². The Morgan fingerprint density at radius 1 is 0.638 bits per heavy atom. The first-order valence-electron chi connectivity index (χ1n) is 15.0. The van der Waals surface area contributed by atoms with E-state index < -0.39 is 0 Å². The zero-order chi connectivity index (χ0) is 30.5. The molecule has 7 heteroatoms. The molecule has 0 bridgehead atoms. The number of para-hydroxylation sites is 3. The zero-order valence-corrected chi connectivity index (χ0v) is 27.1. The molecule has 6 nitrogen and oxygen atoms in total. The van der Waals surface area contributed by atoms with E-state index in [0.717, 1.165) is 61.2 Å². The van der Waals surface area contributed by atoms with Crippen LogP contribution in [0.3, 0.4) is 0 Å². The van der Waals surface area contributed by atoms with Gasteiger partial charge in [-0.05, 0) is 64.7 Å². The van der Waals surface area contributed by atoms with Gasteiger partial charge < -0.3 is 18.6 Å². The summed E-state index contributed by atoms with van der Waals surface area (Å²) < 4.78 is 15.3. The minimum atomic E-state index is 0. The molecule has 0 saturated carbocycles. The molecule has 0 aliphatic heterocycles. The smallest absolute Gasteiger partial charge is 0.508 e. The van der Waals surface area contributed by atoms with Gasteiger partial charge in [0.15, 0.2) is 0 Å². The first-order valence-corrected chi connectivity index (χ1v) is 15.0. The van der Waals surface area contributed by atoms with Crippen molar-refractivity contribution in [2.75, 3.05) is 4.90 Å². The summed E-state index contributed by atoms with van der Waals surface area (Å²) in [5.74, 6) is 2.65. The molecule has 0 N–H and O–H groups in total. The number of anilines is 3. The molecule has 0 spiro atoms. The van der Waals surface area contributed by atoms with Crippen LogP contribution in [-0.2, 0) is 21.1 Å². The van der Waals surface area contributed by atoms with E-state index in [1.165, 1.54) is 0 Å². The van der Waals surface area contributed by atoms with E-state index in [0.29, 0.717) is 17.1 Å². The largest absolute Gasteiger partial charge is 2.00 e. The zero-order valence-electron chi connectivity index (χ0n) is 24.8. The Kier molecular flexibility index (Phi) is 7.28. The summed E-state index contributed by atoms with van der Waals surface area (Å²) in [6, 6.07) is 51.4. The maximum absolute atomic E-state index is 6.76. The van der Waals surface area contributed by atoms with Gasteiger partial charge >= 0.3 is 21.1 Å². The maximum atomic E-state index is 6.76. The van der Waals surface area contributed by atoms with Crippen molar-refractivity contribution in [2.45, 2.75) is 0 Å². The van der Waals surface area contributed by atoms with Gasteiger partial charge in [0.2, 0.25) is 0 Å². The van der Waals surface area contributed by atoms with Crippen molar-refractivity contribution in [1.82, 2.24) is 14.5 Å². The number of furan rings is 1. The fourth-order valence-electron chi connectivity index (χ4n) is 6.16. The molecule has 0 amide bonds. The molecular weight excluding hydrogens is 764 g/mol. The van der Waals surface area contributed by atoms with Crippen molar-refractivity contribution in [1.29, 1.82) is 0 Å². The molecule has 0 fully saturated rings. The Hall–Kier alpha value is -5.71. The summed E-state index contributed by atoms with van der Waals surface area (Å²) in [4.78, 5) is 11.4. The van der Waals surface area contributed by atoms with Crippen molar-refractivity contribution in [3.63, 3.8) is 0 Å². The van der Waals surface area contributed by atoms with Gasteiger partial charge in [-0.1, -0.05) is 77.9 Å². The van der Waals surface area contributed by atoms with E-state index in [4.69, 9.17) is 9.15 Å². The predicted octanol–water partition coefficient (Wildman–Crippen LogP) is 10.3. The second kappa shape index (κ2) is 11.9. The quantitative estimate of drug-likeness (QED) is 0.157. The summed E-state index contributed by atoms with van der Waals surface area (Å²) in [5, 5.41) is 3.97. The van der Waals surface area contributed by atoms with Gasteiger partial charge in [-0.3, -0.25) is 0 Å². The second-order valence-electron chi connectivity index (χ2n) is 10.9. The molecular formula is C40H24N4O2Pt. The molecule has 9 rings (SSSR count). The molecule has 4 heterocycles. The molecule has 4 aromatic heterocycles. The molecule has 0 unspecified atom stereocenters. The summed E-state index contributed by atoms with van der Waals surface area (Å²) >= 11 is 0. The van der Waals surface area contributed by atoms with E-state index >= 15 is 0 Å². The topological polar surface area (TPSA) is 56.3 Å². The van der Waals surface area contributed by atoms with Crippen LogP contribution >= 0.6 is 0 Å². The first-order chi connectivity index (χ1) is 22.8. The number of aromatic nitrogens is 3. The summed E-state index contributed by atoms with van der Waals surface area (Å²) in [6.45, 7) is 0. The van der Waals surface area contributed by atoms with Crippen molar-refractivity contribution in [3.8, 4) is 17.3 Å². The SMILES string of the molecule is [Pt+2].[c-]1c(N(c2ccccc2)c2ccccn2)cc2oc3ccccc3c2c1Oc1[c-]c2c(cc1)c1ccccc1n2-c1ccccn1. The third-order valence-corrected chi connectivity index (χ3v) is 8.14. The van der Waals surface area contributed by atoms with E-state index in [1.807, 2.05) is 114 Å². The van der Waals surface area contributed by atoms with E-state index in [-0.39, 0.29) is 21.1 Å². The minimum absolute atomic E-state index is 0. The number of hydrogen-bond donors (Lipinski definition) is 0. The van der Waals surface area contributed by atoms with Gasteiger partial charge in [0, 0.05) is 40.7 Å². The number of fused-ring (bicyclic) bond motifs is 6. The van der Waals surface area contributed by atoms with Crippen LogP contribution < -0.4 is 9.64 Å². The van der Waals surface area contributed by atoms with E-state index in [1.54, 1.807) is 12.4 Å². The third kappa shape index (κ3) is 4.94. The molecule has 47 heavy (non-hydrogen) atoms. The normalized spacial score (nSPS) is 11.2. The van der Waals surface area contributed by atoms with Crippen LogP contribution in [0.4, 0.5) is 17.2 Å². The standard InChI is InChI=1S/C40H24N4O2.Pt/c1-2-12-27(13-3-1)43(38-18-8-10-22-41-38)28-24-36(40-32-15-5-7-17-35(32)46-37(40)25-28)45-29-20-21-31-30-14-4-6-16-33(30)44(34(31)26-29)39-19-9-11-23-42-39;/h1-23,25H;/q-2;+2. The van der Waals surface area contributed by atoms with E-state index in [2.05, 4.69) is 50.9 Å². The summed E-state index contributed by atoms with van der Waals surface area (Å²) in [5.41, 5.74) is 5.05. The number of benzene rings is 5.